The van der Waals surface area contributed by atoms with Crippen molar-refractivity contribution in [2.45, 2.75) is 30.5 Å². The van der Waals surface area contributed by atoms with E-state index in [1.807, 2.05) is 0 Å². The lowest BCUT2D eigenvalue weighted by atomic mass is 9.79. The van der Waals surface area contributed by atoms with Crippen LogP contribution in [0.25, 0.3) is 0 Å². The fourth-order valence-corrected chi connectivity index (χ4v) is 3.86. The molecule has 0 amide bonds. The summed E-state index contributed by atoms with van der Waals surface area (Å²) in [6.07, 6.45) is -7.34. The normalized spacial score (nSPS) is 60.3. The molecule has 0 aromatic carbocycles. The molecule has 7 nitrogen and oxygen atoms in total. The molecule has 1 aliphatic carbocycles. The zero-order chi connectivity index (χ0) is 11.4. The average molecular weight is 240 g/mol. The molecule has 0 bridgehead atoms. The smallest absolute Gasteiger partial charge is 0.328 e. The maximum absolute atomic E-state index is 11.2. The molecule has 0 radical (unpaired) electrons. The lowest BCUT2D eigenvalue weighted by Gasteiger charge is -2.39. The molecule has 1 saturated heterocycles. The molecule has 7 atom stereocenters. The van der Waals surface area contributed by atoms with Gasteiger partial charge in [0.1, 0.15) is 24.4 Å². The molecular weight excluding hydrogens is 227 g/mol. The zero-order valence-electron chi connectivity index (χ0n) is 7.67. The van der Waals surface area contributed by atoms with Gasteiger partial charge in [0.05, 0.1) is 12.3 Å². The zero-order valence-corrected chi connectivity index (χ0v) is 8.57. The molecule has 0 spiro atoms. The van der Waals surface area contributed by atoms with Crippen LogP contribution >= 0.6 is 7.60 Å². The van der Waals surface area contributed by atoms with Crippen molar-refractivity contribution >= 4 is 7.60 Å². The first-order valence-electron chi connectivity index (χ1n) is 4.56. The summed E-state index contributed by atoms with van der Waals surface area (Å²) in [5.41, 5.74) is 0. The molecule has 15 heavy (non-hydrogen) atoms. The standard InChI is InChI=1S/C7H13O7P/c8-3-2-1-15(12,13)14-7(2)6(11)5(10)4(3)9/h2-11H,1H2,(H,12,13)/t2-,3+,4-,5+,6-,7-/m1/s1. The predicted molar refractivity (Wildman–Crippen MR) is 47.1 cm³/mol. The SMILES string of the molecule is O=P1(O)C[C@@H]2[C@H](O)[C@@H](O)[C@H](O)[C@@H](O)[C@@H]2O1. The molecule has 1 aliphatic heterocycles. The summed E-state index contributed by atoms with van der Waals surface area (Å²) in [6.45, 7) is 0. The van der Waals surface area contributed by atoms with Crippen LogP contribution in [0.15, 0.2) is 0 Å². The maximum Gasteiger partial charge on any atom is 0.328 e. The molecule has 2 rings (SSSR count). The van der Waals surface area contributed by atoms with Gasteiger partial charge in [-0.15, -0.1) is 0 Å². The van der Waals surface area contributed by atoms with Crippen molar-refractivity contribution in [3.8, 4) is 0 Å². The van der Waals surface area contributed by atoms with Gasteiger partial charge in [0.2, 0.25) is 0 Å². The molecule has 5 N–H and O–H groups in total. The van der Waals surface area contributed by atoms with Crippen LogP contribution in [0.3, 0.4) is 0 Å². The Labute approximate surface area is 85.5 Å². The quantitative estimate of drug-likeness (QED) is 0.300. The summed E-state index contributed by atoms with van der Waals surface area (Å²) in [5, 5.41) is 37.7. The van der Waals surface area contributed by atoms with Gasteiger partial charge < -0.3 is 29.8 Å². The fraction of sp³-hybridized carbons (Fsp3) is 1.00. The van der Waals surface area contributed by atoms with Gasteiger partial charge in [0.15, 0.2) is 0 Å². The van der Waals surface area contributed by atoms with Crippen molar-refractivity contribution in [2.24, 2.45) is 5.92 Å². The van der Waals surface area contributed by atoms with Crippen LogP contribution in [-0.4, -0.2) is 62.0 Å². The highest BCUT2D eigenvalue weighted by molar-refractivity contribution is 7.53. The van der Waals surface area contributed by atoms with Crippen molar-refractivity contribution in [2.75, 3.05) is 6.16 Å². The second-order valence-electron chi connectivity index (χ2n) is 4.02. The van der Waals surface area contributed by atoms with Crippen LogP contribution in [0.1, 0.15) is 0 Å². The third-order valence-electron chi connectivity index (χ3n) is 2.97. The molecule has 0 aromatic heterocycles. The largest absolute Gasteiger partial charge is 0.390 e. The second-order valence-corrected chi connectivity index (χ2v) is 5.87. The van der Waals surface area contributed by atoms with Gasteiger partial charge in [-0.2, -0.15) is 0 Å². The minimum Gasteiger partial charge on any atom is -0.390 e. The third-order valence-corrected chi connectivity index (χ3v) is 4.43. The van der Waals surface area contributed by atoms with Gasteiger partial charge in [0, 0.05) is 5.92 Å². The molecule has 1 unspecified atom stereocenters. The monoisotopic (exact) mass is 240 g/mol. The molecular formula is C7H13O7P. The Morgan fingerprint density at radius 1 is 1.00 bits per heavy atom. The van der Waals surface area contributed by atoms with E-state index in [2.05, 4.69) is 4.52 Å². The van der Waals surface area contributed by atoms with Gasteiger partial charge in [-0.25, -0.2) is 0 Å². The van der Waals surface area contributed by atoms with Crippen LogP contribution in [0.5, 0.6) is 0 Å². The highest BCUT2D eigenvalue weighted by Crippen LogP contribution is 2.56. The molecule has 1 saturated carbocycles. The number of rotatable bonds is 0. The van der Waals surface area contributed by atoms with E-state index in [9.17, 15) is 29.9 Å². The Balaban J connectivity index is 2.27. The summed E-state index contributed by atoms with van der Waals surface area (Å²) in [7, 11) is -3.82. The Hall–Kier alpha value is -0.0100. The van der Waals surface area contributed by atoms with Crippen LogP contribution in [0.4, 0.5) is 0 Å². The van der Waals surface area contributed by atoms with Gasteiger partial charge in [-0.3, -0.25) is 4.57 Å². The van der Waals surface area contributed by atoms with Gasteiger partial charge >= 0.3 is 7.60 Å². The number of aliphatic hydroxyl groups is 4. The van der Waals surface area contributed by atoms with Crippen molar-refractivity contribution in [3.05, 3.63) is 0 Å². The highest BCUT2D eigenvalue weighted by atomic mass is 31.2. The Kier molecular flexibility index (Phi) is 2.67. The summed E-state index contributed by atoms with van der Waals surface area (Å²) >= 11 is 0. The molecule has 2 fully saturated rings. The van der Waals surface area contributed by atoms with E-state index in [0.29, 0.717) is 0 Å². The lowest BCUT2D eigenvalue weighted by Crippen LogP contribution is -2.60. The molecule has 1 heterocycles. The van der Waals surface area contributed by atoms with Gasteiger partial charge in [0.25, 0.3) is 0 Å². The fourth-order valence-electron chi connectivity index (χ4n) is 2.15. The first-order chi connectivity index (χ1) is 6.83. The minimum absolute atomic E-state index is 0.320. The number of fused-ring (bicyclic) bond motifs is 1. The number of hydrogen-bond donors (Lipinski definition) is 5. The van der Waals surface area contributed by atoms with Crippen LogP contribution in [-0.2, 0) is 9.09 Å². The average Bonchev–Trinajstić information content (AvgIpc) is 2.48. The lowest BCUT2D eigenvalue weighted by molar-refractivity contribution is -0.186. The van der Waals surface area contributed by atoms with Crippen molar-refractivity contribution in [3.63, 3.8) is 0 Å². The van der Waals surface area contributed by atoms with Crippen molar-refractivity contribution in [1.82, 2.24) is 0 Å². The molecule has 2 aliphatic rings. The molecule has 8 heteroatoms. The Morgan fingerprint density at radius 2 is 1.53 bits per heavy atom. The van der Waals surface area contributed by atoms with E-state index in [4.69, 9.17) is 0 Å². The predicted octanol–water partition coefficient (Wildman–Crippen LogP) is -2.36. The second kappa shape index (κ2) is 3.49. The summed E-state index contributed by atoms with van der Waals surface area (Å²) in [6, 6.07) is 0. The van der Waals surface area contributed by atoms with E-state index in [1.165, 1.54) is 0 Å². The molecule has 0 aromatic rings. The van der Waals surface area contributed by atoms with E-state index in [0.717, 1.165) is 0 Å². The van der Waals surface area contributed by atoms with E-state index in [-0.39, 0.29) is 6.16 Å². The maximum atomic E-state index is 11.2. The number of hydrogen-bond acceptors (Lipinski definition) is 6. The topological polar surface area (TPSA) is 127 Å². The summed E-state index contributed by atoms with van der Waals surface area (Å²) < 4.78 is 15.9. The van der Waals surface area contributed by atoms with Crippen LogP contribution < -0.4 is 0 Å². The Morgan fingerprint density at radius 3 is 2.13 bits per heavy atom. The summed E-state index contributed by atoms with van der Waals surface area (Å²) in [4.78, 5) is 9.18. The third kappa shape index (κ3) is 1.74. The van der Waals surface area contributed by atoms with Crippen molar-refractivity contribution in [1.29, 1.82) is 0 Å². The highest BCUT2D eigenvalue weighted by Gasteiger charge is 2.57. The summed E-state index contributed by atoms with van der Waals surface area (Å²) in [5.74, 6) is -0.825. The van der Waals surface area contributed by atoms with E-state index in [1.54, 1.807) is 0 Å². The minimum atomic E-state index is -3.82. The first-order valence-corrected chi connectivity index (χ1v) is 6.32. The van der Waals surface area contributed by atoms with Gasteiger partial charge in [-0.05, 0) is 0 Å². The number of aliphatic hydroxyl groups excluding tert-OH is 4. The molecule has 88 valence electrons. The Bertz CT molecular complexity index is 282. The van der Waals surface area contributed by atoms with Gasteiger partial charge in [-0.1, -0.05) is 0 Å². The van der Waals surface area contributed by atoms with Crippen LogP contribution in [0, 0.1) is 5.92 Å². The van der Waals surface area contributed by atoms with Crippen LogP contribution in [0.2, 0.25) is 0 Å². The van der Waals surface area contributed by atoms with E-state index < -0.39 is 44.0 Å². The van der Waals surface area contributed by atoms with Crippen molar-refractivity contribution < 1.29 is 34.4 Å². The van der Waals surface area contributed by atoms with E-state index >= 15 is 0 Å². The first kappa shape index (κ1) is 11.5.